The lowest BCUT2D eigenvalue weighted by atomic mass is 10.2. The molecule has 0 atom stereocenters. The smallest absolute Gasteiger partial charge is 0.227 e. The van der Waals surface area contributed by atoms with Gasteiger partial charge in [0.15, 0.2) is 0 Å². The lowest BCUT2D eigenvalue weighted by Crippen LogP contribution is -2.23. The van der Waals surface area contributed by atoms with E-state index in [0.29, 0.717) is 6.42 Å². The highest BCUT2D eigenvalue weighted by Gasteiger charge is 2.22. The van der Waals surface area contributed by atoms with Crippen molar-refractivity contribution in [3.05, 3.63) is 36.4 Å². The van der Waals surface area contributed by atoms with Gasteiger partial charge in [0.2, 0.25) is 5.91 Å². The number of hydrogen-bond acceptors (Lipinski definition) is 3. The third-order valence-electron chi connectivity index (χ3n) is 3.54. The summed E-state index contributed by atoms with van der Waals surface area (Å²) in [7, 11) is 1.64. The van der Waals surface area contributed by atoms with Crippen molar-refractivity contribution in [1.29, 1.82) is 0 Å². The Morgan fingerprint density at radius 1 is 1.35 bits per heavy atom. The van der Waals surface area contributed by atoms with Gasteiger partial charge in [-0.05, 0) is 25.5 Å². The maximum Gasteiger partial charge on any atom is 0.227 e. The number of methoxy groups -OCH3 is 1. The molecule has 1 saturated heterocycles. The van der Waals surface area contributed by atoms with E-state index in [0.717, 1.165) is 35.8 Å². The maximum absolute atomic E-state index is 11.8. The van der Waals surface area contributed by atoms with Crippen molar-refractivity contribution in [2.24, 2.45) is 0 Å². The van der Waals surface area contributed by atoms with Gasteiger partial charge < -0.3 is 14.2 Å². The first kappa shape index (κ1) is 12.7. The third-order valence-corrected chi connectivity index (χ3v) is 3.54. The van der Waals surface area contributed by atoms with E-state index in [2.05, 4.69) is 4.98 Å². The van der Waals surface area contributed by atoms with Crippen molar-refractivity contribution in [2.75, 3.05) is 18.6 Å². The van der Waals surface area contributed by atoms with Crippen LogP contribution >= 0.6 is 0 Å². The second-order valence-electron chi connectivity index (χ2n) is 4.93. The Balaban J connectivity index is 1.99. The van der Waals surface area contributed by atoms with E-state index in [4.69, 9.17) is 4.74 Å². The largest absolute Gasteiger partial charge is 0.494 e. The topological polar surface area (TPSA) is 47.4 Å². The number of carbonyl (C=O) groups is 1. The number of rotatable bonds is 3. The van der Waals surface area contributed by atoms with E-state index in [1.165, 1.54) is 0 Å². The quantitative estimate of drug-likeness (QED) is 0.860. The molecule has 5 nitrogen and oxygen atoms in total. The number of carbonyl (C=O) groups excluding carboxylic acids is 1. The van der Waals surface area contributed by atoms with Crippen LogP contribution in [-0.2, 0) is 4.79 Å². The molecule has 0 bridgehead atoms. The summed E-state index contributed by atoms with van der Waals surface area (Å²) in [6.45, 7) is 2.73. The lowest BCUT2D eigenvalue weighted by Gasteiger charge is -2.18. The number of aromatic nitrogens is 2. The Labute approximate surface area is 117 Å². The molecular formula is C15H17N3O2. The molecule has 104 valence electrons. The molecule has 1 fully saturated rings. The first-order valence-electron chi connectivity index (χ1n) is 6.68. The fourth-order valence-electron chi connectivity index (χ4n) is 2.52. The zero-order valence-electron chi connectivity index (χ0n) is 11.7. The highest BCUT2D eigenvalue weighted by atomic mass is 16.5. The zero-order valence-corrected chi connectivity index (χ0v) is 11.7. The molecule has 3 rings (SSSR count). The number of benzene rings is 1. The van der Waals surface area contributed by atoms with Gasteiger partial charge in [0.05, 0.1) is 24.8 Å². The van der Waals surface area contributed by atoms with Crippen molar-refractivity contribution in [3.8, 4) is 11.4 Å². The fraction of sp³-hybridized carbons (Fsp3) is 0.333. The standard InChI is InChI=1S/C15H17N3O2/c1-11-9-17(10-16-11)13-6-5-12(8-14(13)20-2)18-7-3-4-15(18)19/h5-6,8-10H,3-4,7H2,1-2H3. The summed E-state index contributed by atoms with van der Waals surface area (Å²) in [6.07, 6.45) is 5.25. The molecule has 20 heavy (non-hydrogen) atoms. The molecule has 2 heterocycles. The Morgan fingerprint density at radius 2 is 2.20 bits per heavy atom. The van der Waals surface area contributed by atoms with Crippen LogP contribution in [0.25, 0.3) is 5.69 Å². The molecule has 0 unspecified atom stereocenters. The number of hydrogen-bond donors (Lipinski definition) is 0. The molecule has 1 aromatic carbocycles. The highest BCUT2D eigenvalue weighted by Crippen LogP contribution is 2.30. The monoisotopic (exact) mass is 271 g/mol. The van der Waals surface area contributed by atoms with Crippen LogP contribution in [0.2, 0.25) is 0 Å². The molecule has 2 aromatic rings. The zero-order chi connectivity index (χ0) is 14.1. The summed E-state index contributed by atoms with van der Waals surface area (Å²) in [6, 6.07) is 5.82. The third kappa shape index (κ3) is 2.15. The van der Waals surface area contributed by atoms with Crippen molar-refractivity contribution >= 4 is 11.6 Å². The number of anilines is 1. The van der Waals surface area contributed by atoms with Crippen LogP contribution < -0.4 is 9.64 Å². The molecular weight excluding hydrogens is 254 g/mol. The Morgan fingerprint density at radius 3 is 2.80 bits per heavy atom. The number of ether oxygens (including phenoxy) is 1. The highest BCUT2D eigenvalue weighted by molar-refractivity contribution is 5.95. The predicted octanol–water partition coefficient (Wildman–Crippen LogP) is 2.32. The molecule has 1 aliphatic heterocycles. The van der Waals surface area contributed by atoms with Gasteiger partial charge in [-0.3, -0.25) is 4.79 Å². The summed E-state index contributed by atoms with van der Waals surface area (Å²) in [5.41, 5.74) is 2.76. The van der Waals surface area contributed by atoms with Crippen LogP contribution in [0.1, 0.15) is 18.5 Å². The molecule has 1 aromatic heterocycles. The van der Waals surface area contributed by atoms with Crippen LogP contribution in [0.15, 0.2) is 30.7 Å². The summed E-state index contributed by atoms with van der Waals surface area (Å²) in [5, 5.41) is 0. The summed E-state index contributed by atoms with van der Waals surface area (Å²) in [4.78, 5) is 17.8. The van der Waals surface area contributed by atoms with Crippen LogP contribution in [0.3, 0.4) is 0 Å². The van der Waals surface area contributed by atoms with Gasteiger partial charge in [0.1, 0.15) is 5.75 Å². The number of nitrogens with zero attached hydrogens (tertiary/aromatic N) is 3. The second kappa shape index (κ2) is 5.00. The van der Waals surface area contributed by atoms with Crippen LogP contribution in [0, 0.1) is 6.92 Å². The van der Waals surface area contributed by atoms with E-state index in [-0.39, 0.29) is 5.91 Å². The van der Waals surface area contributed by atoms with Gasteiger partial charge in [0, 0.05) is 30.9 Å². The molecule has 1 amide bonds. The molecule has 0 saturated carbocycles. The van der Waals surface area contributed by atoms with E-state index < -0.39 is 0 Å². The van der Waals surface area contributed by atoms with E-state index in [1.807, 2.05) is 40.8 Å². The van der Waals surface area contributed by atoms with Gasteiger partial charge in [0.25, 0.3) is 0 Å². The second-order valence-corrected chi connectivity index (χ2v) is 4.93. The fourth-order valence-corrected chi connectivity index (χ4v) is 2.52. The maximum atomic E-state index is 11.8. The van der Waals surface area contributed by atoms with Gasteiger partial charge in [-0.25, -0.2) is 4.98 Å². The predicted molar refractivity (Wildman–Crippen MR) is 76.4 cm³/mol. The van der Waals surface area contributed by atoms with Crippen molar-refractivity contribution in [3.63, 3.8) is 0 Å². The number of imidazole rings is 1. The number of aryl methyl sites for hydroxylation is 1. The summed E-state index contributed by atoms with van der Waals surface area (Å²) >= 11 is 0. The molecule has 0 aliphatic carbocycles. The van der Waals surface area contributed by atoms with E-state index >= 15 is 0 Å². The van der Waals surface area contributed by atoms with Gasteiger partial charge >= 0.3 is 0 Å². The minimum atomic E-state index is 0.179. The first-order chi connectivity index (χ1) is 9.69. The van der Waals surface area contributed by atoms with Crippen molar-refractivity contribution < 1.29 is 9.53 Å². The Hall–Kier alpha value is -2.30. The summed E-state index contributed by atoms with van der Waals surface area (Å²) in [5.74, 6) is 0.915. The van der Waals surface area contributed by atoms with Crippen LogP contribution in [0.5, 0.6) is 5.75 Å². The Bertz CT molecular complexity index is 648. The molecule has 1 aliphatic rings. The molecule has 5 heteroatoms. The minimum Gasteiger partial charge on any atom is -0.494 e. The van der Waals surface area contributed by atoms with Crippen molar-refractivity contribution in [2.45, 2.75) is 19.8 Å². The normalized spacial score (nSPS) is 14.9. The van der Waals surface area contributed by atoms with Crippen LogP contribution in [0.4, 0.5) is 5.69 Å². The Kier molecular flexibility index (Phi) is 3.18. The molecule has 0 radical (unpaired) electrons. The van der Waals surface area contributed by atoms with E-state index in [9.17, 15) is 4.79 Å². The molecule has 0 spiro atoms. The minimum absolute atomic E-state index is 0.179. The molecule has 0 N–H and O–H groups in total. The van der Waals surface area contributed by atoms with Gasteiger partial charge in [-0.1, -0.05) is 0 Å². The van der Waals surface area contributed by atoms with Crippen molar-refractivity contribution in [1.82, 2.24) is 9.55 Å². The summed E-state index contributed by atoms with van der Waals surface area (Å²) < 4.78 is 7.38. The van der Waals surface area contributed by atoms with Gasteiger partial charge in [-0.2, -0.15) is 0 Å². The number of amides is 1. The lowest BCUT2D eigenvalue weighted by molar-refractivity contribution is -0.117. The van der Waals surface area contributed by atoms with E-state index in [1.54, 1.807) is 13.4 Å². The van der Waals surface area contributed by atoms with Gasteiger partial charge in [-0.15, -0.1) is 0 Å². The SMILES string of the molecule is COc1cc(N2CCCC2=O)ccc1-n1cnc(C)c1. The average Bonchev–Trinajstić information content (AvgIpc) is 3.06. The van der Waals surface area contributed by atoms with Crippen LogP contribution in [-0.4, -0.2) is 29.1 Å². The average molecular weight is 271 g/mol. The first-order valence-corrected chi connectivity index (χ1v) is 6.68.